The van der Waals surface area contributed by atoms with Gasteiger partial charge in [0, 0.05) is 5.92 Å². The predicted octanol–water partition coefficient (Wildman–Crippen LogP) is 4.39. The Morgan fingerprint density at radius 1 is 1.00 bits per heavy atom. The first kappa shape index (κ1) is 15.1. The molecule has 4 rings (SSSR count). The number of rotatable bonds is 7. The second-order valence-electron chi connectivity index (χ2n) is 6.11. The molecular weight excluding hydrogens is 300 g/mol. The van der Waals surface area contributed by atoms with Gasteiger partial charge in [0.05, 0.1) is 24.2 Å². The van der Waals surface area contributed by atoms with Crippen LogP contribution in [0.2, 0.25) is 0 Å². The highest BCUT2D eigenvalue weighted by Gasteiger charge is 2.29. The highest BCUT2D eigenvalue weighted by Crippen LogP contribution is 2.40. The van der Waals surface area contributed by atoms with E-state index in [-0.39, 0.29) is 0 Å². The standard InChI is InChI=1S/C20H22N2O2/c1-2-23-18-9-5-6-10-19(18)24-14-13-22-17-8-4-3-7-16(17)21-20(22)15-11-12-15/h3-10,15H,2,11-14H2,1H3. The average molecular weight is 322 g/mol. The molecule has 1 aliphatic rings. The molecule has 0 bridgehead atoms. The van der Waals surface area contributed by atoms with Gasteiger partial charge in [0.25, 0.3) is 0 Å². The van der Waals surface area contributed by atoms with Crippen molar-refractivity contribution in [2.75, 3.05) is 13.2 Å². The lowest BCUT2D eigenvalue weighted by Gasteiger charge is -2.13. The summed E-state index contributed by atoms with van der Waals surface area (Å²) in [5.41, 5.74) is 2.27. The van der Waals surface area contributed by atoms with Crippen molar-refractivity contribution in [3.8, 4) is 11.5 Å². The fraction of sp³-hybridized carbons (Fsp3) is 0.350. The molecule has 1 saturated carbocycles. The summed E-state index contributed by atoms with van der Waals surface area (Å²) in [6.07, 6.45) is 2.49. The Morgan fingerprint density at radius 2 is 1.71 bits per heavy atom. The summed E-state index contributed by atoms with van der Waals surface area (Å²) in [4.78, 5) is 4.83. The molecule has 0 amide bonds. The van der Waals surface area contributed by atoms with E-state index in [0.717, 1.165) is 23.6 Å². The molecule has 1 heterocycles. The number of hydrogen-bond acceptors (Lipinski definition) is 3. The first-order valence-electron chi connectivity index (χ1n) is 8.66. The highest BCUT2D eigenvalue weighted by atomic mass is 16.5. The molecule has 1 fully saturated rings. The van der Waals surface area contributed by atoms with E-state index in [4.69, 9.17) is 14.5 Å². The van der Waals surface area contributed by atoms with Gasteiger partial charge in [-0.15, -0.1) is 0 Å². The summed E-state index contributed by atoms with van der Waals surface area (Å²) in [5.74, 6) is 3.43. The number of nitrogens with zero attached hydrogens (tertiary/aromatic N) is 2. The number of hydrogen-bond donors (Lipinski definition) is 0. The smallest absolute Gasteiger partial charge is 0.161 e. The molecule has 2 aromatic carbocycles. The molecule has 1 aliphatic carbocycles. The third kappa shape index (κ3) is 2.96. The minimum absolute atomic E-state index is 0.601. The molecule has 0 N–H and O–H groups in total. The lowest BCUT2D eigenvalue weighted by atomic mass is 10.3. The summed E-state index contributed by atoms with van der Waals surface area (Å²) in [6.45, 7) is 4.02. The molecular formula is C20H22N2O2. The average Bonchev–Trinajstić information content (AvgIpc) is 3.39. The van der Waals surface area contributed by atoms with Gasteiger partial charge in [-0.05, 0) is 44.0 Å². The van der Waals surface area contributed by atoms with Crippen molar-refractivity contribution < 1.29 is 9.47 Å². The van der Waals surface area contributed by atoms with E-state index in [0.29, 0.717) is 19.1 Å². The molecule has 0 unspecified atom stereocenters. The fourth-order valence-electron chi connectivity index (χ4n) is 3.07. The summed E-state index contributed by atoms with van der Waals surface area (Å²) < 4.78 is 13.9. The first-order valence-corrected chi connectivity index (χ1v) is 8.66. The molecule has 3 aromatic rings. The van der Waals surface area contributed by atoms with Crippen LogP contribution in [0.25, 0.3) is 11.0 Å². The topological polar surface area (TPSA) is 36.3 Å². The molecule has 4 nitrogen and oxygen atoms in total. The fourth-order valence-corrected chi connectivity index (χ4v) is 3.07. The number of para-hydroxylation sites is 4. The van der Waals surface area contributed by atoms with Crippen molar-refractivity contribution in [2.24, 2.45) is 0 Å². The van der Waals surface area contributed by atoms with Crippen molar-refractivity contribution in [2.45, 2.75) is 32.2 Å². The van der Waals surface area contributed by atoms with Crippen molar-refractivity contribution in [3.63, 3.8) is 0 Å². The van der Waals surface area contributed by atoms with Crippen LogP contribution in [-0.2, 0) is 6.54 Å². The van der Waals surface area contributed by atoms with Gasteiger partial charge in [0.15, 0.2) is 11.5 Å². The van der Waals surface area contributed by atoms with E-state index >= 15 is 0 Å². The maximum absolute atomic E-state index is 5.99. The van der Waals surface area contributed by atoms with E-state index in [1.165, 1.54) is 24.2 Å². The van der Waals surface area contributed by atoms with Gasteiger partial charge >= 0.3 is 0 Å². The molecule has 0 atom stereocenters. The molecule has 4 heteroatoms. The van der Waals surface area contributed by atoms with E-state index in [1.807, 2.05) is 37.3 Å². The van der Waals surface area contributed by atoms with E-state index in [9.17, 15) is 0 Å². The third-order valence-electron chi connectivity index (χ3n) is 4.35. The number of benzene rings is 2. The maximum Gasteiger partial charge on any atom is 0.161 e. The van der Waals surface area contributed by atoms with Crippen LogP contribution < -0.4 is 9.47 Å². The molecule has 0 aliphatic heterocycles. The Bertz CT molecular complexity index is 837. The molecule has 1 aromatic heterocycles. The molecule has 0 spiro atoms. The van der Waals surface area contributed by atoms with Gasteiger partial charge in [0.2, 0.25) is 0 Å². The lowest BCUT2D eigenvalue weighted by Crippen LogP contribution is -2.11. The molecule has 24 heavy (non-hydrogen) atoms. The van der Waals surface area contributed by atoms with Crippen LogP contribution in [0.3, 0.4) is 0 Å². The third-order valence-corrected chi connectivity index (χ3v) is 4.35. The Morgan fingerprint density at radius 3 is 2.46 bits per heavy atom. The zero-order chi connectivity index (χ0) is 16.4. The molecule has 124 valence electrons. The van der Waals surface area contributed by atoms with Crippen LogP contribution in [0.15, 0.2) is 48.5 Å². The van der Waals surface area contributed by atoms with Crippen LogP contribution >= 0.6 is 0 Å². The molecule has 0 saturated heterocycles. The Balaban J connectivity index is 1.52. The van der Waals surface area contributed by atoms with Crippen LogP contribution in [0, 0.1) is 0 Å². The largest absolute Gasteiger partial charge is 0.490 e. The van der Waals surface area contributed by atoms with E-state index < -0.39 is 0 Å². The zero-order valence-corrected chi connectivity index (χ0v) is 13.9. The second-order valence-corrected chi connectivity index (χ2v) is 6.11. The van der Waals surface area contributed by atoms with E-state index in [1.54, 1.807) is 0 Å². The van der Waals surface area contributed by atoms with Crippen LogP contribution in [0.5, 0.6) is 11.5 Å². The minimum Gasteiger partial charge on any atom is -0.490 e. The number of ether oxygens (including phenoxy) is 2. The minimum atomic E-state index is 0.601. The van der Waals surface area contributed by atoms with Crippen molar-refractivity contribution in [3.05, 3.63) is 54.4 Å². The SMILES string of the molecule is CCOc1ccccc1OCCn1c(C2CC2)nc2ccccc21. The predicted molar refractivity (Wildman–Crippen MR) is 94.8 cm³/mol. The monoisotopic (exact) mass is 322 g/mol. The normalized spacial score (nSPS) is 14.0. The van der Waals surface area contributed by atoms with Crippen molar-refractivity contribution >= 4 is 11.0 Å². The second kappa shape index (κ2) is 6.56. The quantitative estimate of drug-likeness (QED) is 0.647. The maximum atomic E-state index is 5.99. The Labute approximate surface area is 142 Å². The Kier molecular flexibility index (Phi) is 4.11. The van der Waals surface area contributed by atoms with Gasteiger partial charge in [-0.3, -0.25) is 0 Å². The zero-order valence-electron chi connectivity index (χ0n) is 13.9. The van der Waals surface area contributed by atoms with Gasteiger partial charge in [-0.1, -0.05) is 24.3 Å². The van der Waals surface area contributed by atoms with Gasteiger partial charge in [-0.2, -0.15) is 0 Å². The lowest BCUT2D eigenvalue weighted by molar-refractivity contribution is 0.266. The van der Waals surface area contributed by atoms with Gasteiger partial charge < -0.3 is 14.0 Å². The highest BCUT2D eigenvalue weighted by molar-refractivity contribution is 5.76. The van der Waals surface area contributed by atoms with Crippen LogP contribution in [0.1, 0.15) is 31.5 Å². The van der Waals surface area contributed by atoms with Gasteiger partial charge in [0.1, 0.15) is 12.4 Å². The Hall–Kier alpha value is -2.49. The van der Waals surface area contributed by atoms with Gasteiger partial charge in [-0.25, -0.2) is 4.98 Å². The van der Waals surface area contributed by atoms with E-state index in [2.05, 4.69) is 22.8 Å². The van der Waals surface area contributed by atoms with Crippen LogP contribution in [-0.4, -0.2) is 22.8 Å². The molecule has 0 radical (unpaired) electrons. The van der Waals surface area contributed by atoms with Crippen LogP contribution in [0.4, 0.5) is 0 Å². The summed E-state index contributed by atoms with van der Waals surface area (Å²) in [5, 5.41) is 0. The summed E-state index contributed by atoms with van der Waals surface area (Å²) in [7, 11) is 0. The first-order chi connectivity index (χ1) is 11.9. The van der Waals surface area contributed by atoms with Crippen molar-refractivity contribution in [1.29, 1.82) is 0 Å². The summed E-state index contributed by atoms with van der Waals surface area (Å²) >= 11 is 0. The summed E-state index contributed by atoms with van der Waals surface area (Å²) in [6, 6.07) is 16.2. The van der Waals surface area contributed by atoms with Crippen molar-refractivity contribution in [1.82, 2.24) is 9.55 Å². The number of fused-ring (bicyclic) bond motifs is 1. The number of aromatic nitrogens is 2. The number of imidazole rings is 1.